The van der Waals surface area contributed by atoms with Gasteiger partial charge in [0, 0.05) is 12.5 Å². The molecule has 0 fully saturated rings. The zero-order chi connectivity index (χ0) is 13.8. The predicted octanol–water partition coefficient (Wildman–Crippen LogP) is 1.84. The Balaban J connectivity index is 2.37. The summed E-state index contributed by atoms with van der Waals surface area (Å²) in [6, 6.07) is 4.78. The molecule has 0 amide bonds. The minimum Gasteiger partial charge on any atom is -0.334 e. The largest absolute Gasteiger partial charge is 0.334 e. The maximum Gasteiger partial charge on any atom is 0.282 e. The van der Waals surface area contributed by atoms with Gasteiger partial charge in [0.1, 0.15) is 5.56 Å². The van der Waals surface area contributed by atoms with Gasteiger partial charge in [-0.1, -0.05) is 11.2 Å². The molecule has 1 aromatic carbocycles. The highest BCUT2D eigenvalue weighted by molar-refractivity contribution is 5.67. The molecule has 0 radical (unpaired) electrons. The van der Waals surface area contributed by atoms with Gasteiger partial charge < -0.3 is 10.3 Å². The molecule has 7 nitrogen and oxygen atoms in total. The zero-order valence-electron chi connectivity index (χ0n) is 10.5. The van der Waals surface area contributed by atoms with Crippen LogP contribution in [0.3, 0.4) is 0 Å². The van der Waals surface area contributed by atoms with Crippen LogP contribution in [0.4, 0.5) is 5.69 Å². The first-order valence-electron chi connectivity index (χ1n) is 5.90. The van der Waals surface area contributed by atoms with Gasteiger partial charge in [0.15, 0.2) is 5.82 Å². The second-order valence-electron chi connectivity index (χ2n) is 4.19. The first-order valence-corrected chi connectivity index (χ1v) is 5.90. The van der Waals surface area contributed by atoms with Gasteiger partial charge in [-0.05, 0) is 31.5 Å². The van der Waals surface area contributed by atoms with Gasteiger partial charge in [-0.3, -0.25) is 10.1 Å². The number of hydrogen-bond donors (Lipinski definition) is 1. The number of aryl methyl sites for hydroxylation is 2. The highest BCUT2D eigenvalue weighted by Crippen LogP contribution is 2.29. The molecule has 19 heavy (non-hydrogen) atoms. The highest BCUT2D eigenvalue weighted by Gasteiger charge is 2.20. The van der Waals surface area contributed by atoms with Crippen LogP contribution in [0.25, 0.3) is 11.5 Å². The number of nitrogens with two attached hydrogens (primary N) is 1. The van der Waals surface area contributed by atoms with E-state index in [1.54, 1.807) is 12.1 Å². The number of nitrogens with zero attached hydrogens (tertiary/aromatic N) is 3. The third-order valence-electron chi connectivity index (χ3n) is 2.65. The molecule has 2 rings (SSSR count). The number of nitro groups is 1. The second kappa shape index (κ2) is 5.57. The van der Waals surface area contributed by atoms with Crippen molar-refractivity contribution in [3.63, 3.8) is 0 Å². The van der Waals surface area contributed by atoms with Crippen LogP contribution in [-0.4, -0.2) is 21.6 Å². The van der Waals surface area contributed by atoms with E-state index in [1.807, 2.05) is 6.92 Å². The van der Waals surface area contributed by atoms with Crippen LogP contribution in [0.2, 0.25) is 0 Å². The minimum atomic E-state index is -0.460. The molecular formula is C12H14N4O3. The van der Waals surface area contributed by atoms with Gasteiger partial charge in [0.05, 0.1) is 4.92 Å². The second-order valence-corrected chi connectivity index (χ2v) is 4.19. The number of benzene rings is 1. The van der Waals surface area contributed by atoms with Gasteiger partial charge >= 0.3 is 0 Å². The molecule has 100 valence electrons. The molecule has 0 aliphatic carbocycles. The van der Waals surface area contributed by atoms with E-state index in [0.717, 1.165) is 12.0 Å². The van der Waals surface area contributed by atoms with E-state index in [9.17, 15) is 10.1 Å². The maximum absolute atomic E-state index is 11.0. The molecule has 0 spiro atoms. The van der Waals surface area contributed by atoms with Crippen LogP contribution >= 0.6 is 0 Å². The Kier molecular flexibility index (Phi) is 3.86. The van der Waals surface area contributed by atoms with E-state index in [1.165, 1.54) is 6.07 Å². The maximum atomic E-state index is 11.0. The summed E-state index contributed by atoms with van der Waals surface area (Å²) < 4.78 is 5.09. The average molecular weight is 262 g/mol. The molecule has 2 aromatic rings. The monoisotopic (exact) mass is 262 g/mol. The van der Waals surface area contributed by atoms with Crippen molar-refractivity contribution in [1.82, 2.24) is 10.1 Å². The molecular weight excluding hydrogens is 248 g/mol. The Bertz CT molecular complexity index is 594. The first kappa shape index (κ1) is 13.2. The molecule has 1 heterocycles. The van der Waals surface area contributed by atoms with Gasteiger partial charge in [-0.25, -0.2) is 0 Å². The summed E-state index contributed by atoms with van der Waals surface area (Å²) in [5.41, 5.74) is 6.60. The summed E-state index contributed by atoms with van der Waals surface area (Å²) in [4.78, 5) is 14.7. The summed E-state index contributed by atoms with van der Waals surface area (Å²) >= 11 is 0. The van der Waals surface area contributed by atoms with E-state index in [4.69, 9.17) is 10.3 Å². The third-order valence-corrected chi connectivity index (χ3v) is 2.65. The number of nitro benzene ring substituents is 1. The highest BCUT2D eigenvalue weighted by atomic mass is 16.6. The number of aromatic nitrogens is 2. The van der Waals surface area contributed by atoms with Crippen molar-refractivity contribution in [1.29, 1.82) is 0 Å². The van der Waals surface area contributed by atoms with Crippen LogP contribution in [0.5, 0.6) is 0 Å². The van der Waals surface area contributed by atoms with Crippen molar-refractivity contribution in [3.05, 3.63) is 39.7 Å². The molecule has 0 unspecified atom stereocenters. The fraction of sp³-hybridized carbons (Fsp3) is 0.333. The molecule has 1 aromatic heterocycles. The standard InChI is InChI=1S/C12H14N4O3/c1-8-4-5-10(16(17)18)9(7-8)12-14-11(15-19-12)3-2-6-13/h4-5,7H,2-3,6,13H2,1H3. The van der Waals surface area contributed by atoms with Crippen LogP contribution in [0.1, 0.15) is 17.8 Å². The summed E-state index contributed by atoms with van der Waals surface area (Å²) in [7, 11) is 0. The molecule has 0 saturated heterocycles. The van der Waals surface area contributed by atoms with E-state index in [2.05, 4.69) is 10.1 Å². The summed E-state index contributed by atoms with van der Waals surface area (Å²) in [5.74, 6) is 0.679. The number of rotatable bonds is 5. The van der Waals surface area contributed by atoms with E-state index in [0.29, 0.717) is 24.4 Å². The summed E-state index contributed by atoms with van der Waals surface area (Å²) in [6.45, 7) is 2.38. The van der Waals surface area contributed by atoms with Gasteiger partial charge in [-0.2, -0.15) is 4.98 Å². The predicted molar refractivity (Wildman–Crippen MR) is 68.5 cm³/mol. The minimum absolute atomic E-state index is 0.0420. The molecule has 0 aliphatic heterocycles. The Hall–Kier alpha value is -2.28. The van der Waals surface area contributed by atoms with Crippen molar-refractivity contribution < 1.29 is 9.45 Å². The molecule has 0 saturated carbocycles. The molecule has 0 bridgehead atoms. The zero-order valence-corrected chi connectivity index (χ0v) is 10.5. The van der Waals surface area contributed by atoms with E-state index in [-0.39, 0.29) is 11.6 Å². The van der Waals surface area contributed by atoms with E-state index < -0.39 is 4.92 Å². The molecule has 2 N–H and O–H groups in total. The van der Waals surface area contributed by atoms with Crippen LogP contribution < -0.4 is 5.73 Å². The average Bonchev–Trinajstić information content (AvgIpc) is 2.84. The van der Waals surface area contributed by atoms with Gasteiger partial charge in [-0.15, -0.1) is 0 Å². The van der Waals surface area contributed by atoms with Gasteiger partial charge in [0.2, 0.25) is 0 Å². The topological polar surface area (TPSA) is 108 Å². The van der Waals surface area contributed by atoms with Gasteiger partial charge in [0.25, 0.3) is 11.6 Å². The van der Waals surface area contributed by atoms with E-state index >= 15 is 0 Å². The molecule has 7 heteroatoms. The SMILES string of the molecule is Cc1ccc([N+](=O)[O-])c(-c2nc(CCCN)no2)c1. The Morgan fingerprint density at radius 3 is 2.95 bits per heavy atom. The number of hydrogen-bond acceptors (Lipinski definition) is 6. The smallest absolute Gasteiger partial charge is 0.282 e. The lowest BCUT2D eigenvalue weighted by atomic mass is 10.1. The Labute approximate surface area is 109 Å². The lowest BCUT2D eigenvalue weighted by Gasteiger charge is -1.99. The molecule has 0 aliphatic rings. The summed E-state index contributed by atoms with van der Waals surface area (Å²) in [5, 5.41) is 14.8. The van der Waals surface area contributed by atoms with Crippen molar-refractivity contribution >= 4 is 5.69 Å². The lowest BCUT2D eigenvalue weighted by Crippen LogP contribution is -2.01. The summed E-state index contributed by atoms with van der Waals surface area (Å²) in [6.07, 6.45) is 1.34. The fourth-order valence-corrected chi connectivity index (χ4v) is 1.71. The fourth-order valence-electron chi connectivity index (χ4n) is 1.71. The van der Waals surface area contributed by atoms with Crippen molar-refractivity contribution in [2.24, 2.45) is 5.73 Å². The van der Waals surface area contributed by atoms with Crippen LogP contribution in [0, 0.1) is 17.0 Å². The molecule has 0 atom stereocenters. The third kappa shape index (κ3) is 2.94. The normalized spacial score (nSPS) is 10.6. The van der Waals surface area contributed by atoms with Crippen LogP contribution in [0.15, 0.2) is 22.7 Å². The Morgan fingerprint density at radius 2 is 2.26 bits per heavy atom. The van der Waals surface area contributed by atoms with Crippen molar-refractivity contribution in [2.75, 3.05) is 6.54 Å². The lowest BCUT2D eigenvalue weighted by molar-refractivity contribution is -0.384. The van der Waals surface area contributed by atoms with Crippen molar-refractivity contribution in [2.45, 2.75) is 19.8 Å². The first-order chi connectivity index (χ1) is 9.11. The van der Waals surface area contributed by atoms with Crippen molar-refractivity contribution in [3.8, 4) is 11.5 Å². The quantitative estimate of drug-likeness (QED) is 0.650. The Morgan fingerprint density at radius 1 is 1.47 bits per heavy atom. The van der Waals surface area contributed by atoms with Crippen LogP contribution in [-0.2, 0) is 6.42 Å².